The third-order valence-corrected chi connectivity index (χ3v) is 4.18. The minimum absolute atomic E-state index is 0.0406. The second kappa shape index (κ2) is 5.75. The summed E-state index contributed by atoms with van der Waals surface area (Å²) in [6.07, 6.45) is 2.30. The molecule has 3 rings (SSSR count). The number of nitrogens with zero attached hydrogens (tertiary/aromatic N) is 1. The predicted octanol–water partition coefficient (Wildman–Crippen LogP) is 3.06. The molecule has 22 heavy (non-hydrogen) atoms. The first-order valence-electron chi connectivity index (χ1n) is 7.25. The second-order valence-electron chi connectivity index (χ2n) is 5.31. The van der Waals surface area contributed by atoms with E-state index in [4.69, 9.17) is 13.9 Å². The first-order chi connectivity index (χ1) is 10.7. The van der Waals surface area contributed by atoms with Gasteiger partial charge in [-0.25, -0.2) is 0 Å². The number of hydrogen-bond donors (Lipinski definition) is 0. The van der Waals surface area contributed by atoms with Crippen LogP contribution in [-0.4, -0.2) is 31.6 Å². The number of benzene rings is 1. The zero-order valence-electron chi connectivity index (χ0n) is 13.0. The molecule has 0 saturated carbocycles. The number of methoxy groups -OCH3 is 2. The lowest BCUT2D eigenvalue weighted by Crippen LogP contribution is -2.38. The summed E-state index contributed by atoms with van der Waals surface area (Å²) in [5.41, 5.74) is 2.28. The van der Waals surface area contributed by atoms with E-state index in [0.717, 1.165) is 17.7 Å². The van der Waals surface area contributed by atoms with Crippen LogP contribution < -0.4 is 9.47 Å². The minimum Gasteiger partial charge on any atom is -0.493 e. The van der Waals surface area contributed by atoms with E-state index in [1.165, 1.54) is 11.8 Å². The molecule has 1 atom stereocenters. The van der Waals surface area contributed by atoms with Crippen molar-refractivity contribution in [3.63, 3.8) is 0 Å². The van der Waals surface area contributed by atoms with E-state index >= 15 is 0 Å². The molecule has 0 aliphatic carbocycles. The molecule has 1 aromatic carbocycles. The number of amides is 1. The monoisotopic (exact) mass is 301 g/mol. The average molecular weight is 301 g/mol. The lowest BCUT2D eigenvalue weighted by Gasteiger charge is -2.35. The van der Waals surface area contributed by atoms with E-state index < -0.39 is 0 Å². The van der Waals surface area contributed by atoms with Gasteiger partial charge in [-0.2, -0.15) is 0 Å². The van der Waals surface area contributed by atoms with Gasteiger partial charge in [0.25, 0.3) is 5.91 Å². The highest BCUT2D eigenvalue weighted by molar-refractivity contribution is 5.92. The molecule has 116 valence electrons. The van der Waals surface area contributed by atoms with Gasteiger partial charge in [0.2, 0.25) is 0 Å². The molecule has 2 aromatic rings. The van der Waals surface area contributed by atoms with Gasteiger partial charge in [0.1, 0.15) is 0 Å². The van der Waals surface area contributed by atoms with Crippen LogP contribution in [0.3, 0.4) is 0 Å². The molecule has 1 aromatic heterocycles. The molecule has 1 aliphatic heterocycles. The third kappa shape index (κ3) is 2.32. The number of fused-ring (bicyclic) bond motifs is 1. The Bertz CT molecular complexity index is 678. The molecule has 0 N–H and O–H groups in total. The van der Waals surface area contributed by atoms with Gasteiger partial charge in [-0.1, -0.05) is 0 Å². The van der Waals surface area contributed by atoms with E-state index in [-0.39, 0.29) is 11.9 Å². The van der Waals surface area contributed by atoms with Crippen LogP contribution in [0.4, 0.5) is 0 Å². The first-order valence-corrected chi connectivity index (χ1v) is 7.25. The molecule has 0 radical (unpaired) electrons. The fourth-order valence-electron chi connectivity index (χ4n) is 2.96. The molecule has 0 spiro atoms. The average Bonchev–Trinajstić information content (AvgIpc) is 3.08. The van der Waals surface area contributed by atoms with E-state index in [0.29, 0.717) is 18.1 Å². The molecule has 1 aliphatic rings. The molecule has 0 bridgehead atoms. The number of hydrogen-bond acceptors (Lipinski definition) is 4. The van der Waals surface area contributed by atoms with Gasteiger partial charge in [-0.15, -0.1) is 0 Å². The van der Waals surface area contributed by atoms with Gasteiger partial charge in [0.15, 0.2) is 17.3 Å². The highest BCUT2D eigenvalue weighted by Gasteiger charge is 2.30. The van der Waals surface area contributed by atoms with Crippen molar-refractivity contribution in [2.45, 2.75) is 19.4 Å². The van der Waals surface area contributed by atoms with Crippen LogP contribution in [0, 0.1) is 0 Å². The largest absolute Gasteiger partial charge is 0.493 e. The summed E-state index contributed by atoms with van der Waals surface area (Å²) in [6.45, 7) is 2.67. The lowest BCUT2D eigenvalue weighted by molar-refractivity contribution is 0.0644. The highest BCUT2D eigenvalue weighted by Crippen LogP contribution is 2.38. The summed E-state index contributed by atoms with van der Waals surface area (Å²) >= 11 is 0. The van der Waals surface area contributed by atoms with E-state index in [2.05, 4.69) is 0 Å². The topological polar surface area (TPSA) is 51.9 Å². The van der Waals surface area contributed by atoms with Crippen molar-refractivity contribution in [2.24, 2.45) is 0 Å². The fraction of sp³-hybridized carbons (Fsp3) is 0.353. The number of ether oxygens (including phenoxy) is 2. The Morgan fingerprint density at radius 3 is 2.64 bits per heavy atom. The molecule has 0 unspecified atom stereocenters. The van der Waals surface area contributed by atoms with E-state index in [1.807, 2.05) is 24.0 Å². The first kappa shape index (κ1) is 14.5. The van der Waals surface area contributed by atoms with Gasteiger partial charge in [-0.05, 0) is 48.7 Å². The Hall–Kier alpha value is -2.43. The van der Waals surface area contributed by atoms with E-state index in [9.17, 15) is 4.79 Å². The third-order valence-electron chi connectivity index (χ3n) is 4.18. The van der Waals surface area contributed by atoms with Crippen molar-refractivity contribution < 1.29 is 18.7 Å². The van der Waals surface area contributed by atoms with Crippen LogP contribution in [0.5, 0.6) is 11.5 Å². The van der Waals surface area contributed by atoms with Gasteiger partial charge in [0.05, 0.1) is 26.5 Å². The molecule has 5 heteroatoms. The highest BCUT2D eigenvalue weighted by atomic mass is 16.5. The van der Waals surface area contributed by atoms with Crippen LogP contribution in [-0.2, 0) is 6.42 Å². The van der Waals surface area contributed by atoms with Gasteiger partial charge in [0, 0.05) is 6.54 Å². The summed E-state index contributed by atoms with van der Waals surface area (Å²) < 4.78 is 16.0. The van der Waals surface area contributed by atoms with Crippen molar-refractivity contribution in [1.82, 2.24) is 4.90 Å². The maximum atomic E-state index is 12.5. The molecular weight excluding hydrogens is 282 g/mol. The van der Waals surface area contributed by atoms with E-state index in [1.54, 1.807) is 26.4 Å². The number of furan rings is 1. The molecule has 1 amide bonds. The van der Waals surface area contributed by atoms with Crippen molar-refractivity contribution in [2.75, 3.05) is 20.8 Å². The summed E-state index contributed by atoms with van der Waals surface area (Å²) in [4.78, 5) is 14.4. The SMILES string of the molecule is COc1cc2c(cc1OC)[C@@H](C)N(C(=O)c1ccco1)CC2. The smallest absolute Gasteiger partial charge is 0.290 e. The molecule has 5 nitrogen and oxygen atoms in total. The molecule has 0 saturated heterocycles. The Kier molecular flexibility index (Phi) is 3.79. The summed E-state index contributed by atoms with van der Waals surface area (Å²) in [5.74, 6) is 1.69. The van der Waals surface area contributed by atoms with Crippen molar-refractivity contribution in [3.8, 4) is 11.5 Å². The van der Waals surface area contributed by atoms with Crippen molar-refractivity contribution in [1.29, 1.82) is 0 Å². The Morgan fingerprint density at radius 2 is 2.00 bits per heavy atom. The normalized spacial score (nSPS) is 17.0. The Morgan fingerprint density at radius 1 is 1.27 bits per heavy atom. The number of carbonyl (C=O) groups excluding carboxylic acids is 1. The maximum Gasteiger partial charge on any atom is 0.290 e. The molecule has 0 fully saturated rings. The van der Waals surface area contributed by atoms with Crippen LogP contribution in [0.1, 0.15) is 34.6 Å². The van der Waals surface area contributed by atoms with Crippen LogP contribution >= 0.6 is 0 Å². The summed E-state index contributed by atoms with van der Waals surface area (Å²) in [5, 5.41) is 0. The van der Waals surface area contributed by atoms with Gasteiger partial charge < -0.3 is 18.8 Å². The Labute approximate surface area is 129 Å². The number of rotatable bonds is 3. The van der Waals surface area contributed by atoms with Crippen molar-refractivity contribution >= 4 is 5.91 Å². The molecular formula is C17H19NO4. The fourth-order valence-corrected chi connectivity index (χ4v) is 2.96. The quantitative estimate of drug-likeness (QED) is 0.874. The second-order valence-corrected chi connectivity index (χ2v) is 5.31. The standard InChI is InChI=1S/C17H19NO4/c1-11-13-10-16(21-3)15(20-2)9-12(13)6-7-18(11)17(19)14-5-4-8-22-14/h4-5,8-11H,6-7H2,1-3H3/t11-/m1/s1. The maximum absolute atomic E-state index is 12.5. The van der Waals surface area contributed by atoms with Crippen LogP contribution in [0.15, 0.2) is 34.9 Å². The predicted molar refractivity (Wildman–Crippen MR) is 81.4 cm³/mol. The van der Waals surface area contributed by atoms with Gasteiger partial charge in [-0.3, -0.25) is 4.79 Å². The zero-order valence-corrected chi connectivity index (χ0v) is 13.0. The van der Waals surface area contributed by atoms with Gasteiger partial charge >= 0.3 is 0 Å². The molecule has 2 heterocycles. The Balaban J connectivity index is 1.95. The minimum atomic E-state index is -0.0852. The zero-order chi connectivity index (χ0) is 15.7. The van der Waals surface area contributed by atoms with Crippen LogP contribution in [0.25, 0.3) is 0 Å². The summed E-state index contributed by atoms with van der Waals surface area (Å²) in [7, 11) is 3.24. The van der Waals surface area contributed by atoms with Crippen LogP contribution in [0.2, 0.25) is 0 Å². The number of carbonyl (C=O) groups is 1. The van der Waals surface area contributed by atoms with Crippen molar-refractivity contribution in [3.05, 3.63) is 47.4 Å². The summed E-state index contributed by atoms with van der Waals surface area (Å²) in [6, 6.07) is 7.34. The lowest BCUT2D eigenvalue weighted by atomic mass is 9.92.